The van der Waals surface area contributed by atoms with E-state index in [0.29, 0.717) is 5.82 Å². The molecule has 0 aliphatic carbocycles. The highest BCUT2D eigenvalue weighted by Crippen LogP contribution is 2.22. The number of halogens is 1. The van der Waals surface area contributed by atoms with E-state index < -0.39 is 0 Å². The topological polar surface area (TPSA) is 61.7 Å². The summed E-state index contributed by atoms with van der Waals surface area (Å²) in [6.45, 7) is 2.05. The van der Waals surface area contributed by atoms with Crippen LogP contribution in [0.1, 0.15) is 18.7 Å². The molecule has 0 spiro atoms. The minimum atomic E-state index is 0.0982. The lowest BCUT2D eigenvalue weighted by atomic mass is 10.2. The number of nitrogens with two attached hydrogens (primary N) is 1. The highest BCUT2D eigenvalue weighted by molar-refractivity contribution is 14.1. The van der Waals surface area contributed by atoms with Gasteiger partial charge in [-0.15, -0.1) is 0 Å². The van der Waals surface area contributed by atoms with Crippen LogP contribution in [0.3, 0.4) is 0 Å². The van der Waals surface area contributed by atoms with E-state index in [9.17, 15) is 0 Å². The van der Waals surface area contributed by atoms with Crippen molar-refractivity contribution < 1.29 is 0 Å². The molecule has 15 heavy (non-hydrogen) atoms. The van der Waals surface area contributed by atoms with Crippen molar-refractivity contribution in [3.8, 4) is 0 Å². The average Bonchev–Trinajstić information content (AvgIpc) is 2.75. The Morgan fingerprint density at radius 3 is 2.67 bits per heavy atom. The summed E-state index contributed by atoms with van der Waals surface area (Å²) >= 11 is 2.17. The number of rotatable bonds is 2. The zero-order chi connectivity index (χ0) is 11.0. The Balaban J connectivity index is 2.41. The number of hydrogen-bond acceptors (Lipinski definition) is 3. The van der Waals surface area contributed by atoms with Crippen molar-refractivity contribution in [1.82, 2.24) is 19.6 Å². The van der Waals surface area contributed by atoms with Gasteiger partial charge in [-0.3, -0.25) is 4.68 Å². The Morgan fingerprint density at radius 2 is 2.20 bits per heavy atom. The van der Waals surface area contributed by atoms with Crippen LogP contribution in [0.5, 0.6) is 0 Å². The van der Waals surface area contributed by atoms with Crippen LogP contribution in [0, 0.1) is 3.57 Å². The molecule has 2 aromatic rings. The summed E-state index contributed by atoms with van der Waals surface area (Å²) in [5, 5.41) is 8.39. The zero-order valence-corrected chi connectivity index (χ0v) is 10.7. The Morgan fingerprint density at radius 1 is 1.47 bits per heavy atom. The second-order valence-electron chi connectivity index (χ2n) is 3.38. The maximum atomic E-state index is 5.92. The quantitative estimate of drug-likeness (QED) is 0.852. The van der Waals surface area contributed by atoms with Crippen molar-refractivity contribution in [2.45, 2.75) is 13.0 Å². The summed E-state index contributed by atoms with van der Waals surface area (Å²) in [5.74, 6) is 0.698. The first-order valence-electron chi connectivity index (χ1n) is 4.57. The van der Waals surface area contributed by atoms with Gasteiger partial charge in [0.25, 0.3) is 0 Å². The van der Waals surface area contributed by atoms with E-state index in [1.54, 1.807) is 17.1 Å². The van der Waals surface area contributed by atoms with Gasteiger partial charge in [-0.2, -0.15) is 10.2 Å². The first-order valence-corrected chi connectivity index (χ1v) is 5.65. The third kappa shape index (κ3) is 1.73. The van der Waals surface area contributed by atoms with E-state index in [1.807, 2.05) is 17.8 Å². The van der Waals surface area contributed by atoms with Crippen molar-refractivity contribution in [2.24, 2.45) is 7.05 Å². The van der Waals surface area contributed by atoms with Crippen LogP contribution in [-0.4, -0.2) is 19.6 Å². The number of nitrogens with zero attached hydrogens (tertiary/aromatic N) is 4. The highest BCUT2D eigenvalue weighted by atomic mass is 127. The number of aromatic nitrogens is 4. The fraction of sp³-hybridized carbons (Fsp3) is 0.333. The maximum absolute atomic E-state index is 5.92. The molecular weight excluding hydrogens is 305 g/mol. The Hall–Kier alpha value is -1.05. The number of anilines is 1. The molecule has 0 aromatic carbocycles. The molecule has 2 rings (SSSR count). The predicted octanol–water partition coefficient (Wildman–Crippen LogP) is 1.41. The summed E-state index contributed by atoms with van der Waals surface area (Å²) in [5.41, 5.74) is 7.01. The van der Waals surface area contributed by atoms with Crippen molar-refractivity contribution >= 4 is 28.4 Å². The minimum Gasteiger partial charge on any atom is -0.383 e. The molecule has 1 unspecified atom stereocenters. The van der Waals surface area contributed by atoms with Crippen molar-refractivity contribution in [3.63, 3.8) is 0 Å². The smallest absolute Gasteiger partial charge is 0.135 e. The first-order chi connectivity index (χ1) is 7.11. The maximum Gasteiger partial charge on any atom is 0.135 e. The van der Waals surface area contributed by atoms with E-state index >= 15 is 0 Å². The molecular formula is C9H12IN5. The monoisotopic (exact) mass is 317 g/mol. The van der Waals surface area contributed by atoms with Gasteiger partial charge in [0.15, 0.2) is 0 Å². The molecule has 0 saturated carbocycles. The van der Waals surface area contributed by atoms with Crippen LogP contribution in [-0.2, 0) is 7.05 Å². The van der Waals surface area contributed by atoms with Gasteiger partial charge in [-0.25, -0.2) is 4.68 Å². The molecule has 80 valence electrons. The van der Waals surface area contributed by atoms with E-state index in [-0.39, 0.29) is 6.04 Å². The third-order valence-electron chi connectivity index (χ3n) is 2.44. The molecule has 0 aliphatic heterocycles. The van der Waals surface area contributed by atoms with Crippen LogP contribution in [0.15, 0.2) is 18.5 Å². The van der Waals surface area contributed by atoms with Gasteiger partial charge in [0, 0.05) is 13.2 Å². The van der Waals surface area contributed by atoms with Gasteiger partial charge in [0.2, 0.25) is 0 Å². The van der Waals surface area contributed by atoms with Gasteiger partial charge in [0.1, 0.15) is 5.82 Å². The van der Waals surface area contributed by atoms with Crippen molar-refractivity contribution in [2.75, 3.05) is 5.73 Å². The normalized spacial score (nSPS) is 13.0. The first kappa shape index (κ1) is 10.5. The van der Waals surface area contributed by atoms with Gasteiger partial charge in [-0.1, -0.05) is 0 Å². The zero-order valence-electron chi connectivity index (χ0n) is 8.55. The van der Waals surface area contributed by atoms with Crippen LogP contribution in [0.2, 0.25) is 0 Å². The molecule has 0 aliphatic rings. The van der Waals surface area contributed by atoms with Crippen LogP contribution in [0.4, 0.5) is 5.82 Å². The molecule has 6 heteroatoms. The lowest BCUT2D eigenvalue weighted by Crippen LogP contribution is -2.14. The van der Waals surface area contributed by atoms with Crippen molar-refractivity contribution in [1.29, 1.82) is 0 Å². The summed E-state index contributed by atoms with van der Waals surface area (Å²) in [4.78, 5) is 0. The summed E-state index contributed by atoms with van der Waals surface area (Å²) in [6.07, 6.45) is 3.54. The van der Waals surface area contributed by atoms with Gasteiger partial charge < -0.3 is 5.73 Å². The minimum absolute atomic E-state index is 0.0982. The van der Waals surface area contributed by atoms with Crippen LogP contribution in [0.25, 0.3) is 0 Å². The molecule has 0 bridgehead atoms. The summed E-state index contributed by atoms with van der Waals surface area (Å²) in [6, 6.07) is 2.07. The van der Waals surface area contributed by atoms with E-state index in [0.717, 1.165) is 9.26 Å². The molecule has 0 fully saturated rings. The molecule has 2 heterocycles. The lowest BCUT2D eigenvalue weighted by Gasteiger charge is -2.14. The SMILES string of the molecule is CC(c1ccnn1C)n1ncc(I)c1N. The van der Waals surface area contributed by atoms with E-state index in [2.05, 4.69) is 39.7 Å². The molecule has 0 radical (unpaired) electrons. The molecule has 5 nitrogen and oxygen atoms in total. The van der Waals surface area contributed by atoms with Gasteiger partial charge in [0.05, 0.1) is 21.5 Å². The molecule has 0 saturated heterocycles. The molecule has 1 atom stereocenters. The van der Waals surface area contributed by atoms with Gasteiger partial charge in [-0.05, 0) is 35.6 Å². The number of aryl methyl sites for hydroxylation is 1. The van der Waals surface area contributed by atoms with Crippen LogP contribution < -0.4 is 5.73 Å². The Bertz CT molecular complexity index is 473. The largest absolute Gasteiger partial charge is 0.383 e. The van der Waals surface area contributed by atoms with Gasteiger partial charge >= 0.3 is 0 Å². The fourth-order valence-corrected chi connectivity index (χ4v) is 1.95. The van der Waals surface area contributed by atoms with Crippen LogP contribution >= 0.6 is 22.6 Å². The number of hydrogen-bond donors (Lipinski definition) is 1. The second-order valence-corrected chi connectivity index (χ2v) is 4.54. The molecule has 0 amide bonds. The molecule has 2 aromatic heterocycles. The highest BCUT2D eigenvalue weighted by Gasteiger charge is 2.15. The molecule has 2 N–H and O–H groups in total. The Kier molecular flexibility index (Phi) is 2.68. The standard InChI is InChI=1S/C9H12IN5/c1-6(8-3-4-12-14(8)2)15-9(11)7(10)5-13-15/h3-6H,11H2,1-2H3. The predicted molar refractivity (Wildman–Crippen MR) is 66.4 cm³/mol. The summed E-state index contributed by atoms with van der Waals surface area (Å²) < 4.78 is 4.61. The summed E-state index contributed by atoms with van der Waals surface area (Å²) in [7, 11) is 1.91. The van der Waals surface area contributed by atoms with Crippen molar-refractivity contribution in [3.05, 3.63) is 27.7 Å². The second kappa shape index (κ2) is 3.84. The third-order valence-corrected chi connectivity index (χ3v) is 3.27. The fourth-order valence-electron chi connectivity index (χ4n) is 1.58. The average molecular weight is 317 g/mol. The number of nitrogen functional groups attached to an aromatic ring is 1. The lowest BCUT2D eigenvalue weighted by molar-refractivity contribution is 0.527. The Labute approximate surface area is 101 Å². The van der Waals surface area contributed by atoms with E-state index in [1.165, 1.54) is 0 Å². The van der Waals surface area contributed by atoms with E-state index in [4.69, 9.17) is 5.73 Å².